The lowest BCUT2D eigenvalue weighted by molar-refractivity contribution is -0.134. The van der Waals surface area contributed by atoms with Gasteiger partial charge < -0.3 is 9.47 Å². The minimum atomic E-state index is -4.06. The van der Waals surface area contributed by atoms with E-state index in [9.17, 15) is 13.2 Å². The van der Waals surface area contributed by atoms with E-state index >= 15 is 0 Å². The Hall–Kier alpha value is -3.20. The van der Waals surface area contributed by atoms with Crippen molar-refractivity contribution >= 4 is 15.7 Å². The molecule has 0 aromatic heterocycles. The number of carbonyl (C=O) groups is 1. The number of carbonyl (C=O) groups excluding carboxylic acids is 1. The molecule has 1 aliphatic heterocycles. The summed E-state index contributed by atoms with van der Waals surface area (Å²) < 4.78 is 36.0. The van der Waals surface area contributed by atoms with Crippen LogP contribution in [-0.4, -0.2) is 44.1 Å². The maximum Gasteiger partial charge on any atom is 0.265 e. The van der Waals surface area contributed by atoms with E-state index in [0.29, 0.717) is 18.8 Å². The quantitative estimate of drug-likeness (QED) is 0.360. The molecule has 1 amide bonds. The SMILES string of the molecule is Cc1ccc(-c2cccc(CCOc3ccc(S(=O)(=O)C4(C(=O)NO)CCOCC4)cc3)c2)cc1. The summed E-state index contributed by atoms with van der Waals surface area (Å²) in [5.41, 5.74) is 6.19. The minimum Gasteiger partial charge on any atom is -0.493 e. The lowest BCUT2D eigenvalue weighted by atomic mass is 9.98. The number of hydrogen-bond acceptors (Lipinski definition) is 6. The number of ether oxygens (including phenoxy) is 2. The summed E-state index contributed by atoms with van der Waals surface area (Å²) >= 11 is 0. The molecular formula is C27H29NO6S. The third-order valence-corrected chi connectivity index (χ3v) is 8.95. The summed E-state index contributed by atoms with van der Waals surface area (Å²) in [7, 11) is -4.06. The highest BCUT2D eigenvalue weighted by molar-refractivity contribution is 7.93. The van der Waals surface area contributed by atoms with Crippen LogP contribution in [0, 0.1) is 6.92 Å². The molecule has 8 heteroatoms. The first-order valence-electron chi connectivity index (χ1n) is 11.5. The molecule has 35 heavy (non-hydrogen) atoms. The Morgan fingerprint density at radius 2 is 1.69 bits per heavy atom. The van der Waals surface area contributed by atoms with Crippen molar-refractivity contribution in [1.82, 2.24) is 5.48 Å². The molecule has 0 bridgehead atoms. The van der Waals surface area contributed by atoms with Crippen molar-refractivity contribution in [2.24, 2.45) is 0 Å². The largest absolute Gasteiger partial charge is 0.493 e. The van der Waals surface area contributed by atoms with Crippen molar-refractivity contribution in [3.8, 4) is 16.9 Å². The van der Waals surface area contributed by atoms with Gasteiger partial charge in [-0.1, -0.05) is 54.1 Å². The Balaban J connectivity index is 1.41. The van der Waals surface area contributed by atoms with Crippen LogP contribution in [0.25, 0.3) is 11.1 Å². The van der Waals surface area contributed by atoms with Gasteiger partial charge in [0.2, 0.25) is 0 Å². The fourth-order valence-electron chi connectivity index (χ4n) is 4.30. The smallest absolute Gasteiger partial charge is 0.265 e. The average Bonchev–Trinajstić information content (AvgIpc) is 2.89. The summed E-state index contributed by atoms with van der Waals surface area (Å²) in [5.74, 6) is -0.403. The maximum atomic E-state index is 13.3. The second kappa shape index (κ2) is 10.6. The molecule has 0 unspecified atom stereocenters. The van der Waals surface area contributed by atoms with Crippen LogP contribution in [0.15, 0.2) is 77.7 Å². The molecule has 0 saturated carbocycles. The van der Waals surface area contributed by atoms with Crippen LogP contribution in [0.1, 0.15) is 24.0 Å². The summed E-state index contributed by atoms with van der Waals surface area (Å²) in [6.45, 7) is 2.74. The van der Waals surface area contributed by atoms with Gasteiger partial charge in [0.15, 0.2) is 14.6 Å². The van der Waals surface area contributed by atoms with Crippen LogP contribution >= 0.6 is 0 Å². The van der Waals surface area contributed by atoms with E-state index in [1.165, 1.54) is 23.2 Å². The van der Waals surface area contributed by atoms with Crippen molar-refractivity contribution in [2.45, 2.75) is 35.8 Å². The minimum absolute atomic E-state index is 0.00106. The number of rotatable bonds is 8. The van der Waals surface area contributed by atoms with Crippen LogP contribution < -0.4 is 10.2 Å². The molecule has 184 valence electrons. The Bertz CT molecular complexity index is 1260. The molecule has 0 spiro atoms. The predicted octanol–water partition coefficient (Wildman–Crippen LogP) is 4.11. The topological polar surface area (TPSA) is 102 Å². The number of hydrogen-bond donors (Lipinski definition) is 2. The highest BCUT2D eigenvalue weighted by Gasteiger charge is 2.52. The van der Waals surface area contributed by atoms with E-state index in [0.717, 1.165) is 16.7 Å². The lowest BCUT2D eigenvalue weighted by Crippen LogP contribution is -2.54. The van der Waals surface area contributed by atoms with Gasteiger partial charge in [0, 0.05) is 19.6 Å². The molecule has 1 saturated heterocycles. The van der Waals surface area contributed by atoms with Crippen LogP contribution in [-0.2, 0) is 25.8 Å². The Labute approximate surface area is 205 Å². The van der Waals surface area contributed by atoms with Crippen molar-refractivity contribution in [2.75, 3.05) is 19.8 Å². The van der Waals surface area contributed by atoms with E-state index in [1.807, 2.05) is 6.07 Å². The van der Waals surface area contributed by atoms with Gasteiger partial charge in [0.25, 0.3) is 5.91 Å². The molecular weight excluding hydrogens is 466 g/mol. The van der Waals surface area contributed by atoms with Gasteiger partial charge in [0.05, 0.1) is 11.5 Å². The molecule has 1 fully saturated rings. The molecule has 1 heterocycles. The van der Waals surface area contributed by atoms with Gasteiger partial charge in [-0.05, 0) is 60.7 Å². The Morgan fingerprint density at radius 3 is 2.34 bits per heavy atom. The van der Waals surface area contributed by atoms with Crippen molar-refractivity contribution in [1.29, 1.82) is 0 Å². The van der Waals surface area contributed by atoms with Gasteiger partial charge in [-0.3, -0.25) is 10.0 Å². The second-order valence-electron chi connectivity index (χ2n) is 8.69. The average molecular weight is 496 g/mol. The summed E-state index contributed by atoms with van der Waals surface area (Å²) in [4.78, 5) is 12.4. The van der Waals surface area contributed by atoms with E-state index in [1.54, 1.807) is 12.1 Å². The summed E-state index contributed by atoms with van der Waals surface area (Å²) in [5, 5.41) is 9.17. The molecule has 3 aromatic carbocycles. The van der Waals surface area contributed by atoms with Crippen LogP contribution in [0.3, 0.4) is 0 Å². The number of aryl methyl sites for hydroxylation is 1. The van der Waals surface area contributed by atoms with E-state index in [4.69, 9.17) is 14.7 Å². The summed E-state index contributed by atoms with van der Waals surface area (Å²) in [6, 6.07) is 22.7. The normalized spacial score (nSPS) is 15.4. The van der Waals surface area contributed by atoms with Crippen LogP contribution in [0.2, 0.25) is 0 Å². The van der Waals surface area contributed by atoms with Crippen LogP contribution in [0.4, 0.5) is 0 Å². The van der Waals surface area contributed by atoms with Gasteiger partial charge in [-0.25, -0.2) is 13.9 Å². The van der Waals surface area contributed by atoms with E-state index < -0.39 is 20.5 Å². The first-order valence-corrected chi connectivity index (χ1v) is 13.0. The number of nitrogens with one attached hydrogen (secondary N) is 1. The van der Waals surface area contributed by atoms with Crippen molar-refractivity contribution < 1.29 is 27.9 Å². The standard InChI is InChI=1S/C27H29NO6S/c1-20-5-7-22(8-6-20)23-4-2-3-21(19-23)13-16-34-24-9-11-25(12-10-24)35(31,32)27(26(29)28-30)14-17-33-18-15-27/h2-12,19,30H,13-18H2,1H3,(H,28,29). The zero-order chi connectivity index (χ0) is 24.9. The zero-order valence-corrected chi connectivity index (χ0v) is 20.4. The second-order valence-corrected chi connectivity index (χ2v) is 10.9. The zero-order valence-electron chi connectivity index (χ0n) is 19.6. The Kier molecular flexibility index (Phi) is 7.54. The predicted molar refractivity (Wildman–Crippen MR) is 132 cm³/mol. The molecule has 2 N–H and O–H groups in total. The number of amides is 1. The number of sulfone groups is 1. The monoisotopic (exact) mass is 495 g/mol. The fraction of sp³-hybridized carbons (Fsp3) is 0.296. The maximum absolute atomic E-state index is 13.3. The molecule has 0 radical (unpaired) electrons. The van der Waals surface area contributed by atoms with Gasteiger partial charge in [-0.2, -0.15) is 0 Å². The molecule has 7 nitrogen and oxygen atoms in total. The van der Waals surface area contributed by atoms with E-state index in [2.05, 4.69) is 49.4 Å². The van der Waals surface area contributed by atoms with E-state index in [-0.39, 0.29) is 31.0 Å². The Morgan fingerprint density at radius 1 is 1.00 bits per heavy atom. The van der Waals surface area contributed by atoms with Crippen molar-refractivity contribution in [3.63, 3.8) is 0 Å². The first-order chi connectivity index (χ1) is 16.9. The summed E-state index contributed by atoms with van der Waals surface area (Å²) in [6.07, 6.45) is 0.642. The first kappa shape index (κ1) is 24.9. The number of benzene rings is 3. The van der Waals surface area contributed by atoms with Crippen molar-refractivity contribution in [3.05, 3.63) is 83.9 Å². The lowest BCUT2D eigenvalue weighted by Gasteiger charge is -2.34. The molecule has 1 aliphatic rings. The van der Waals surface area contributed by atoms with Gasteiger partial charge in [0.1, 0.15) is 5.75 Å². The molecule has 4 rings (SSSR count). The van der Waals surface area contributed by atoms with Gasteiger partial charge >= 0.3 is 0 Å². The highest BCUT2D eigenvalue weighted by atomic mass is 32.2. The molecule has 0 aliphatic carbocycles. The third kappa shape index (κ3) is 5.24. The van der Waals surface area contributed by atoms with Gasteiger partial charge in [-0.15, -0.1) is 0 Å². The highest BCUT2D eigenvalue weighted by Crippen LogP contribution is 2.35. The number of hydroxylamine groups is 1. The molecule has 3 aromatic rings. The van der Waals surface area contributed by atoms with Crippen LogP contribution in [0.5, 0.6) is 5.75 Å². The molecule has 0 atom stereocenters. The fourth-order valence-corrected chi connectivity index (χ4v) is 6.24. The third-order valence-electron chi connectivity index (χ3n) is 6.44.